The van der Waals surface area contributed by atoms with Crippen molar-refractivity contribution in [3.8, 4) is 5.75 Å². The largest absolute Gasteiger partial charge is 0.497 e. The third kappa shape index (κ3) is 2.67. The number of furan rings is 1. The highest BCUT2D eigenvalue weighted by molar-refractivity contribution is 6.05. The number of ether oxygens (including phenoxy) is 1. The Bertz CT molecular complexity index is 1020. The van der Waals surface area contributed by atoms with Crippen LogP contribution in [0.4, 0.5) is 10.1 Å². The van der Waals surface area contributed by atoms with Crippen LogP contribution >= 0.6 is 0 Å². The molecule has 0 saturated heterocycles. The van der Waals surface area contributed by atoms with E-state index >= 15 is 0 Å². The SMILES string of the molecule is COc1cccc(CNc2ccc3oc4ccc(F)cc4c3c2)c1. The number of halogens is 1. The fourth-order valence-corrected chi connectivity index (χ4v) is 2.85. The predicted octanol–water partition coefficient (Wildman–Crippen LogP) is 5.35. The van der Waals surface area contributed by atoms with E-state index in [0.717, 1.165) is 33.4 Å². The molecular weight excluding hydrogens is 305 g/mol. The van der Waals surface area contributed by atoms with Gasteiger partial charge in [0.15, 0.2) is 0 Å². The lowest BCUT2D eigenvalue weighted by atomic mass is 10.1. The van der Waals surface area contributed by atoms with E-state index in [2.05, 4.69) is 5.32 Å². The van der Waals surface area contributed by atoms with Crippen LogP contribution in [0.1, 0.15) is 5.56 Å². The minimum Gasteiger partial charge on any atom is -0.497 e. The van der Waals surface area contributed by atoms with Crippen LogP contribution < -0.4 is 10.1 Å². The quantitative estimate of drug-likeness (QED) is 0.550. The number of hydrogen-bond acceptors (Lipinski definition) is 3. The van der Waals surface area contributed by atoms with E-state index in [0.29, 0.717) is 12.1 Å². The summed E-state index contributed by atoms with van der Waals surface area (Å²) in [5, 5.41) is 5.07. The molecule has 0 atom stereocenters. The number of benzene rings is 3. The number of anilines is 1. The fourth-order valence-electron chi connectivity index (χ4n) is 2.85. The van der Waals surface area contributed by atoms with Crippen LogP contribution in [-0.2, 0) is 6.54 Å². The summed E-state index contributed by atoms with van der Waals surface area (Å²) in [6, 6.07) is 18.3. The molecule has 0 fully saturated rings. The zero-order chi connectivity index (χ0) is 16.5. The summed E-state index contributed by atoms with van der Waals surface area (Å²) in [6.45, 7) is 0.673. The first-order valence-corrected chi connectivity index (χ1v) is 7.71. The molecule has 0 saturated carbocycles. The van der Waals surface area contributed by atoms with Crippen molar-refractivity contribution < 1.29 is 13.5 Å². The van der Waals surface area contributed by atoms with Crippen molar-refractivity contribution in [2.24, 2.45) is 0 Å². The van der Waals surface area contributed by atoms with Crippen LogP contribution in [0.3, 0.4) is 0 Å². The highest BCUT2D eigenvalue weighted by atomic mass is 19.1. The molecular formula is C20H16FNO2. The molecule has 24 heavy (non-hydrogen) atoms. The average Bonchev–Trinajstić information content (AvgIpc) is 2.97. The molecule has 3 nitrogen and oxygen atoms in total. The maximum absolute atomic E-state index is 13.5. The number of methoxy groups -OCH3 is 1. The van der Waals surface area contributed by atoms with Crippen molar-refractivity contribution in [2.75, 3.05) is 12.4 Å². The molecule has 4 heteroatoms. The summed E-state index contributed by atoms with van der Waals surface area (Å²) in [5.74, 6) is 0.570. The summed E-state index contributed by atoms with van der Waals surface area (Å²) in [4.78, 5) is 0. The van der Waals surface area contributed by atoms with E-state index in [-0.39, 0.29) is 5.82 Å². The monoisotopic (exact) mass is 321 g/mol. The van der Waals surface area contributed by atoms with Gasteiger partial charge in [-0.05, 0) is 54.1 Å². The number of rotatable bonds is 4. The normalized spacial score (nSPS) is 11.1. The van der Waals surface area contributed by atoms with Crippen molar-refractivity contribution in [2.45, 2.75) is 6.54 Å². The summed E-state index contributed by atoms with van der Waals surface area (Å²) in [7, 11) is 1.66. The average molecular weight is 321 g/mol. The van der Waals surface area contributed by atoms with Gasteiger partial charge >= 0.3 is 0 Å². The van der Waals surface area contributed by atoms with Crippen LogP contribution in [-0.4, -0.2) is 7.11 Å². The molecule has 4 aromatic rings. The molecule has 0 amide bonds. The Balaban J connectivity index is 1.64. The number of nitrogens with one attached hydrogen (secondary N) is 1. The van der Waals surface area contributed by atoms with Crippen LogP contribution in [0, 0.1) is 5.82 Å². The van der Waals surface area contributed by atoms with Crippen LogP contribution in [0.5, 0.6) is 5.75 Å². The van der Waals surface area contributed by atoms with Crippen LogP contribution in [0.25, 0.3) is 21.9 Å². The van der Waals surface area contributed by atoms with Gasteiger partial charge in [-0.2, -0.15) is 0 Å². The minimum atomic E-state index is -0.264. The highest BCUT2D eigenvalue weighted by Gasteiger charge is 2.08. The van der Waals surface area contributed by atoms with Gasteiger partial charge < -0.3 is 14.5 Å². The summed E-state index contributed by atoms with van der Waals surface area (Å²) in [5.41, 5.74) is 3.52. The Kier molecular flexibility index (Phi) is 3.58. The lowest BCUT2D eigenvalue weighted by Crippen LogP contribution is -1.99. The molecule has 1 aromatic heterocycles. The smallest absolute Gasteiger partial charge is 0.135 e. The maximum atomic E-state index is 13.5. The molecule has 4 rings (SSSR count). The topological polar surface area (TPSA) is 34.4 Å². The molecule has 3 aromatic carbocycles. The minimum absolute atomic E-state index is 0.264. The van der Waals surface area contributed by atoms with Gasteiger partial charge in [-0.3, -0.25) is 0 Å². The lowest BCUT2D eigenvalue weighted by molar-refractivity contribution is 0.414. The van der Waals surface area contributed by atoms with Crippen molar-refractivity contribution >= 4 is 27.6 Å². The van der Waals surface area contributed by atoms with Gasteiger partial charge in [0, 0.05) is 23.0 Å². The predicted molar refractivity (Wildman–Crippen MR) is 94.0 cm³/mol. The van der Waals surface area contributed by atoms with E-state index in [9.17, 15) is 4.39 Å². The first-order chi connectivity index (χ1) is 11.7. The molecule has 0 radical (unpaired) electrons. The molecule has 0 aliphatic carbocycles. The van der Waals surface area contributed by atoms with Crippen molar-refractivity contribution in [3.05, 3.63) is 72.0 Å². The molecule has 120 valence electrons. The zero-order valence-corrected chi connectivity index (χ0v) is 13.2. The number of hydrogen-bond donors (Lipinski definition) is 1. The van der Waals surface area contributed by atoms with Gasteiger partial charge in [-0.15, -0.1) is 0 Å². The van der Waals surface area contributed by atoms with Crippen LogP contribution in [0.2, 0.25) is 0 Å². The van der Waals surface area contributed by atoms with E-state index in [1.165, 1.54) is 12.1 Å². The lowest BCUT2D eigenvalue weighted by Gasteiger charge is -2.08. The third-order valence-electron chi connectivity index (χ3n) is 4.06. The molecule has 0 spiro atoms. The summed E-state index contributed by atoms with van der Waals surface area (Å²) in [6.07, 6.45) is 0. The fraction of sp³-hybridized carbons (Fsp3) is 0.100. The molecule has 0 bridgehead atoms. The summed E-state index contributed by atoms with van der Waals surface area (Å²) >= 11 is 0. The second kappa shape index (κ2) is 5.89. The first-order valence-electron chi connectivity index (χ1n) is 7.71. The van der Waals surface area contributed by atoms with Crippen molar-refractivity contribution in [1.82, 2.24) is 0 Å². The molecule has 0 aliphatic heterocycles. The van der Waals surface area contributed by atoms with Gasteiger partial charge in [0.25, 0.3) is 0 Å². The van der Waals surface area contributed by atoms with E-state index in [1.54, 1.807) is 13.2 Å². The second-order valence-corrected chi connectivity index (χ2v) is 5.66. The first kappa shape index (κ1) is 14.6. The highest BCUT2D eigenvalue weighted by Crippen LogP contribution is 2.31. The molecule has 0 unspecified atom stereocenters. The van der Waals surface area contributed by atoms with Gasteiger partial charge in [0.2, 0.25) is 0 Å². The van der Waals surface area contributed by atoms with Gasteiger partial charge in [0.1, 0.15) is 22.7 Å². The standard InChI is InChI=1S/C20H16FNO2/c1-23-16-4-2-3-13(9-16)12-22-15-6-8-20-18(11-15)17-10-14(21)5-7-19(17)24-20/h2-11,22H,12H2,1H3. The Morgan fingerprint density at radius 3 is 2.58 bits per heavy atom. The van der Waals surface area contributed by atoms with E-state index in [1.807, 2.05) is 42.5 Å². The van der Waals surface area contributed by atoms with E-state index < -0.39 is 0 Å². The van der Waals surface area contributed by atoms with Gasteiger partial charge in [-0.25, -0.2) is 4.39 Å². The van der Waals surface area contributed by atoms with Crippen molar-refractivity contribution in [3.63, 3.8) is 0 Å². The Labute approximate surface area is 138 Å². The Hall–Kier alpha value is -3.01. The third-order valence-corrected chi connectivity index (χ3v) is 4.06. The van der Waals surface area contributed by atoms with Gasteiger partial charge in [-0.1, -0.05) is 12.1 Å². The molecule has 1 heterocycles. The Morgan fingerprint density at radius 2 is 1.75 bits per heavy atom. The second-order valence-electron chi connectivity index (χ2n) is 5.66. The van der Waals surface area contributed by atoms with Crippen molar-refractivity contribution in [1.29, 1.82) is 0 Å². The van der Waals surface area contributed by atoms with Crippen LogP contribution in [0.15, 0.2) is 65.1 Å². The molecule has 0 aliphatic rings. The van der Waals surface area contributed by atoms with Gasteiger partial charge in [0.05, 0.1) is 7.11 Å². The van der Waals surface area contributed by atoms with E-state index in [4.69, 9.17) is 9.15 Å². The maximum Gasteiger partial charge on any atom is 0.135 e. The summed E-state index contributed by atoms with van der Waals surface area (Å²) < 4.78 is 24.5. The Morgan fingerprint density at radius 1 is 0.958 bits per heavy atom. The molecule has 1 N–H and O–H groups in total. The number of fused-ring (bicyclic) bond motifs is 3. The zero-order valence-electron chi connectivity index (χ0n) is 13.2.